The number of anilines is 2. The van der Waals surface area contributed by atoms with Crippen LogP contribution in [-0.4, -0.2) is 181 Å². The zero-order valence-electron chi connectivity index (χ0n) is 58.9. The second-order valence-electron chi connectivity index (χ2n) is 24.9. The molecule has 1 aliphatic carbocycles. The molecule has 41 heteroatoms. The predicted molar refractivity (Wildman–Crippen MR) is 402 cm³/mol. The van der Waals surface area contributed by atoms with Crippen molar-refractivity contribution in [3.63, 3.8) is 0 Å². The van der Waals surface area contributed by atoms with E-state index in [9.17, 15) is 42.7 Å². The minimum Gasteiger partial charge on any atom is -0.487 e. The molecule has 8 amide bonds. The van der Waals surface area contributed by atoms with Crippen molar-refractivity contribution < 1.29 is 47.5 Å². The highest BCUT2D eigenvalue weighted by atomic mass is 35.5. The van der Waals surface area contributed by atoms with Gasteiger partial charge in [0.05, 0.1) is 16.5 Å². The van der Waals surface area contributed by atoms with Crippen molar-refractivity contribution in [2.24, 2.45) is 110 Å². The number of aromatic nitrogens is 2. The van der Waals surface area contributed by atoms with Gasteiger partial charge in [-0.2, -0.15) is 0 Å². The maximum Gasteiger partial charge on any atom is 0.243 e. The van der Waals surface area contributed by atoms with Gasteiger partial charge in [0, 0.05) is 75.9 Å². The average Bonchev–Trinajstić information content (AvgIpc) is 1.04. The van der Waals surface area contributed by atoms with Crippen LogP contribution in [0.5, 0.6) is 5.75 Å². The maximum absolute atomic E-state index is 14.9. The summed E-state index contributed by atoms with van der Waals surface area (Å²) in [5.74, 6) is -7.36. The van der Waals surface area contributed by atoms with E-state index in [1.54, 1.807) is 12.3 Å². The van der Waals surface area contributed by atoms with Gasteiger partial charge in [0.15, 0.2) is 52.5 Å². The molecule has 580 valence electrons. The number of thiazole rings is 1. The van der Waals surface area contributed by atoms with Crippen molar-refractivity contribution in [2.75, 3.05) is 51.1 Å². The van der Waals surface area contributed by atoms with Gasteiger partial charge < -0.3 is 122 Å². The van der Waals surface area contributed by atoms with Crippen molar-refractivity contribution in [3.05, 3.63) is 64.5 Å². The molecule has 4 rings (SSSR count). The number of carbonyl (C=O) groups excluding carboxylic acids is 8. The molecule has 0 radical (unpaired) electrons. The average molecular weight is 1510 g/mol. The summed E-state index contributed by atoms with van der Waals surface area (Å²) < 4.78 is 21.0. The molecule has 38 nitrogen and oxygen atoms in total. The van der Waals surface area contributed by atoms with E-state index in [4.69, 9.17) is 95.9 Å². The van der Waals surface area contributed by atoms with Crippen LogP contribution in [-0.2, 0) is 44.8 Å². The van der Waals surface area contributed by atoms with E-state index in [0.717, 1.165) is 0 Å². The topological polar surface area (TPSA) is 680 Å². The lowest BCUT2D eigenvalue weighted by Gasteiger charge is -2.39. The van der Waals surface area contributed by atoms with Crippen molar-refractivity contribution in [1.29, 1.82) is 0 Å². The standard InChI is InChI=1S/C64H105ClFN29O9S/c65-39-13-5-20-46(49(39)66)104-38-23-25-64(26-24-38,36-37-12-4-21-47(88-37)95-63-87-34-35-105-63)56(103)80-27-3-1-2-22-48(96)89-41(15-7-29-82-58(70)71)51(98)91-43(17-9-31-84-60(74)75)53(100)93-45(19-11-33-86-62(78)79)55(102)94-44(18-10-32-85-61(76)77)54(101)92-42(16-8-30-83-59(72)73)52(99)90-40(50(67)97)14-6-28-81-57(68)69/h4-5,12-13,20-21,34-35,38,40-45H,1-3,6-11,14-19,22-33,36H2,(H2,67,97)(H,80,103)(H,89,96)(H,90,99)(H,91,98)(H,92,101)(H,93,100)(H,94,102)(H4,68,69,81)(H4,70,71,82)(H4,72,73,83)(H4,74,75,84)(H4,76,77,85)(H4,78,79,86)(H,87,88,95)/t38?,40-,41-,42-,43-,44-,45-,64?/m1/s1. The van der Waals surface area contributed by atoms with Crippen molar-refractivity contribution in [2.45, 2.75) is 177 Å². The summed E-state index contributed by atoms with van der Waals surface area (Å²) in [6.45, 7) is 0.453. The molecule has 105 heavy (non-hydrogen) atoms. The van der Waals surface area contributed by atoms with E-state index in [1.807, 2.05) is 23.6 Å². The number of nitrogens with two attached hydrogens (primary N) is 13. The number of guanidine groups is 6. The van der Waals surface area contributed by atoms with Gasteiger partial charge in [-0.05, 0) is 140 Å². The fourth-order valence-corrected chi connectivity index (χ4v) is 11.8. The van der Waals surface area contributed by atoms with Crippen LogP contribution < -0.4 is 122 Å². The van der Waals surface area contributed by atoms with Crippen LogP contribution in [0.25, 0.3) is 0 Å². The number of aliphatic imine (C=N–C) groups is 6. The molecule has 1 fully saturated rings. The van der Waals surface area contributed by atoms with Crippen LogP contribution in [0.2, 0.25) is 5.02 Å². The molecule has 0 bridgehead atoms. The van der Waals surface area contributed by atoms with Crippen LogP contribution >= 0.6 is 22.9 Å². The smallest absolute Gasteiger partial charge is 0.243 e. The zero-order chi connectivity index (χ0) is 77.3. The number of rotatable bonds is 49. The van der Waals surface area contributed by atoms with Crippen LogP contribution in [0, 0.1) is 11.2 Å². The first-order valence-corrected chi connectivity index (χ1v) is 35.7. The summed E-state index contributed by atoms with van der Waals surface area (Å²) >= 11 is 7.46. The van der Waals surface area contributed by atoms with E-state index in [0.29, 0.717) is 68.0 Å². The first-order valence-electron chi connectivity index (χ1n) is 34.5. The molecule has 0 aliphatic heterocycles. The third-order valence-corrected chi connectivity index (χ3v) is 17.4. The monoisotopic (exact) mass is 1510 g/mol. The van der Waals surface area contributed by atoms with Gasteiger partial charge in [0.25, 0.3) is 0 Å². The Morgan fingerprint density at radius 2 is 0.924 bits per heavy atom. The molecule has 0 spiro atoms. The molecule has 2 heterocycles. The number of hydrogen-bond acceptors (Lipinski definition) is 19. The molecule has 0 saturated heterocycles. The molecule has 6 atom stereocenters. The fourth-order valence-electron chi connectivity index (χ4n) is 11.1. The summed E-state index contributed by atoms with van der Waals surface area (Å²) in [5.41, 5.74) is 72.2. The molecular formula is C64H105ClFN29O9S. The first kappa shape index (κ1) is 86.6. The lowest BCUT2D eigenvalue weighted by Crippen LogP contribution is -2.59. The Kier molecular flexibility index (Phi) is 38.5. The van der Waals surface area contributed by atoms with Gasteiger partial charge in [0.1, 0.15) is 42.1 Å². The molecule has 1 aromatic carbocycles. The van der Waals surface area contributed by atoms with E-state index in [2.05, 4.69) is 77.5 Å². The highest BCUT2D eigenvalue weighted by Crippen LogP contribution is 2.41. The second kappa shape index (κ2) is 46.7. The number of ether oxygens (including phenoxy) is 1. The second-order valence-corrected chi connectivity index (χ2v) is 26.2. The lowest BCUT2D eigenvalue weighted by molar-refractivity contribution is -0.135. The third-order valence-electron chi connectivity index (χ3n) is 16.5. The largest absolute Gasteiger partial charge is 0.487 e. The molecule has 1 aliphatic rings. The number of hydrogen-bond donors (Lipinski definition) is 21. The van der Waals surface area contributed by atoms with Crippen LogP contribution in [0.1, 0.15) is 134 Å². The Balaban J connectivity index is 1.53. The maximum atomic E-state index is 14.9. The Labute approximate surface area is 617 Å². The van der Waals surface area contributed by atoms with Gasteiger partial charge in [0.2, 0.25) is 47.3 Å². The van der Waals surface area contributed by atoms with Gasteiger partial charge in [-0.1, -0.05) is 30.2 Å². The highest BCUT2D eigenvalue weighted by Gasteiger charge is 2.43. The molecule has 34 N–H and O–H groups in total. The first-order chi connectivity index (χ1) is 50.0. The van der Waals surface area contributed by atoms with Crippen LogP contribution in [0.4, 0.5) is 15.3 Å². The molecule has 0 unspecified atom stereocenters. The zero-order valence-corrected chi connectivity index (χ0v) is 60.5. The van der Waals surface area contributed by atoms with Crippen molar-refractivity contribution in [3.8, 4) is 5.75 Å². The summed E-state index contributed by atoms with van der Waals surface area (Å²) in [6.07, 6.45) is 4.91. The molecule has 3 aromatic rings. The van der Waals surface area contributed by atoms with Crippen LogP contribution in [0.15, 0.2) is 77.9 Å². The van der Waals surface area contributed by atoms with E-state index in [1.165, 1.54) is 23.5 Å². The predicted octanol–water partition coefficient (Wildman–Crippen LogP) is -2.98. The summed E-state index contributed by atoms with van der Waals surface area (Å²) in [4.78, 5) is 146. The summed E-state index contributed by atoms with van der Waals surface area (Å²) in [6, 6.07) is 1.86. The van der Waals surface area contributed by atoms with Gasteiger partial charge in [-0.25, -0.2) is 14.4 Å². The SMILES string of the molecule is NC(=O)[C@@H](CCCN=C(N)N)NC(=O)[C@@H](CCCN=C(N)N)NC(=O)[C@@H](CCCN=C(N)N)NC(=O)[C@@H](CCCN=C(N)N)NC(=O)[C@@H](CCCN=C(N)N)NC(=O)[C@@H](CCCN=C(N)N)NC(=O)CCCCCNC(=O)C1(Cc2cccc(Nc3nccs3)n2)CCC(Oc2cccc(Cl)c2F)CC1. The number of nitrogens with one attached hydrogen (secondary N) is 8. The van der Waals surface area contributed by atoms with Gasteiger partial charge in [-0.3, -0.25) is 68.3 Å². The summed E-state index contributed by atoms with van der Waals surface area (Å²) in [5, 5.41) is 24.8. The molecule has 1 saturated carbocycles. The molecule has 2 aromatic heterocycles. The Morgan fingerprint density at radius 3 is 1.32 bits per heavy atom. The van der Waals surface area contributed by atoms with Crippen molar-refractivity contribution in [1.82, 2.24) is 47.2 Å². The number of unbranched alkanes of at least 4 members (excludes halogenated alkanes) is 2. The molecular weight excluding hydrogens is 1410 g/mol. The normalized spacial score (nSPS) is 15.5. The summed E-state index contributed by atoms with van der Waals surface area (Å²) in [7, 11) is 0. The lowest BCUT2D eigenvalue weighted by atomic mass is 9.69. The van der Waals surface area contributed by atoms with E-state index < -0.39 is 88.8 Å². The third kappa shape index (κ3) is 34.4. The number of pyridine rings is 1. The number of carbonyl (C=O) groups is 8. The number of benzene rings is 1. The highest BCUT2D eigenvalue weighted by molar-refractivity contribution is 7.13. The van der Waals surface area contributed by atoms with Gasteiger partial charge >= 0.3 is 0 Å². The fraction of sp³-hybridized carbons (Fsp3) is 0.562. The quantitative estimate of drug-likeness (QED) is 0.0152. The van der Waals surface area contributed by atoms with Gasteiger partial charge in [-0.15, -0.1) is 11.3 Å². The Bertz CT molecular complexity index is 3460. The Hall–Kier alpha value is -10.8. The Morgan fingerprint density at radius 1 is 0.524 bits per heavy atom. The number of primary amides is 1. The number of nitrogens with zero attached hydrogens (tertiary/aromatic N) is 8. The minimum absolute atomic E-state index is 0.00356. The van der Waals surface area contributed by atoms with Crippen molar-refractivity contribution >= 4 is 117 Å². The number of amides is 8. The minimum atomic E-state index is -1.47. The van der Waals surface area contributed by atoms with E-state index >= 15 is 0 Å². The van der Waals surface area contributed by atoms with E-state index in [-0.39, 0.29) is 188 Å². The number of halogens is 2. The van der Waals surface area contributed by atoms with Crippen LogP contribution in [0.3, 0.4) is 0 Å².